The molecule has 1 heterocycles. The summed E-state index contributed by atoms with van der Waals surface area (Å²) >= 11 is 7.44. The number of ether oxygens (including phenoxy) is 2. The van der Waals surface area contributed by atoms with Crippen molar-refractivity contribution in [2.24, 2.45) is 0 Å². The van der Waals surface area contributed by atoms with Gasteiger partial charge < -0.3 is 20.1 Å². The Balaban J connectivity index is 1.47. The molecule has 0 bridgehead atoms. The van der Waals surface area contributed by atoms with Crippen LogP contribution in [0.1, 0.15) is 16.8 Å². The largest absolute Gasteiger partial charge is 0.495 e. The second-order valence-electron chi connectivity index (χ2n) is 5.99. The molecule has 3 rings (SSSR count). The molecule has 2 aromatic carbocycles. The van der Waals surface area contributed by atoms with Gasteiger partial charge in [0.1, 0.15) is 11.5 Å². The molecule has 0 aliphatic rings. The third-order valence-corrected chi connectivity index (χ3v) is 4.85. The summed E-state index contributed by atoms with van der Waals surface area (Å²) in [6.07, 6.45) is 0.159. The molecule has 0 saturated carbocycles. The van der Waals surface area contributed by atoms with Crippen LogP contribution in [-0.2, 0) is 4.79 Å². The van der Waals surface area contributed by atoms with Crippen molar-refractivity contribution >= 4 is 46.2 Å². The minimum absolute atomic E-state index is 0.159. The Labute approximate surface area is 177 Å². The van der Waals surface area contributed by atoms with Gasteiger partial charge in [-0.15, -0.1) is 0 Å². The standard InChI is InChI=1S/C21H19ClN2O4S/c1-27-19-7-2-15(22)12-18(19)23-10-8-20(25)28-17-5-3-16(4-6-17)24-21(26)14-9-11-29-13-14/h2-7,9,11-13,23H,8,10H2,1H3,(H,24,26). The lowest BCUT2D eigenvalue weighted by atomic mass is 10.2. The van der Waals surface area contributed by atoms with E-state index >= 15 is 0 Å². The molecule has 0 fully saturated rings. The van der Waals surface area contributed by atoms with Gasteiger partial charge >= 0.3 is 5.97 Å². The number of methoxy groups -OCH3 is 1. The Morgan fingerprint density at radius 1 is 1.10 bits per heavy atom. The van der Waals surface area contributed by atoms with Gasteiger partial charge in [-0.1, -0.05) is 11.6 Å². The van der Waals surface area contributed by atoms with Crippen LogP contribution in [-0.4, -0.2) is 25.5 Å². The zero-order chi connectivity index (χ0) is 20.6. The van der Waals surface area contributed by atoms with Crippen LogP contribution in [0.4, 0.5) is 11.4 Å². The molecule has 1 amide bonds. The van der Waals surface area contributed by atoms with Gasteiger partial charge in [0.2, 0.25) is 0 Å². The second-order valence-corrected chi connectivity index (χ2v) is 7.20. The number of hydrogen-bond acceptors (Lipinski definition) is 6. The van der Waals surface area contributed by atoms with Crippen molar-refractivity contribution < 1.29 is 19.1 Å². The monoisotopic (exact) mass is 430 g/mol. The Bertz CT molecular complexity index is 975. The van der Waals surface area contributed by atoms with E-state index in [1.807, 2.05) is 5.38 Å². The average Bonchev–Trinajstić information content (AvgIpc) is 3.25. The van der Waals surface area contributed by atoms with Crippen LogP contribution < -0.4 is 20.1 Å². The molecular weight excluding hydrogens is 412 g/mol. The molecule has 29 heavy (non-hydrogen) atoms. The highest BCUT2D eigenvalue weighted by molar-refractivity contribution is 7.08. The smallest absolute Gasteiger partial charge is 0.312 e. The zero-order valence-electron chi connectivity index (χ0n) is 15.6. The highest BCUT2D eigenvalue weighted by atomic mass is 35.5. The average molecular weight is 431 g/mol. The number of thiophene rings is 1. The maximum absolute atomic E-state index is 12.1. The van der Waals surface area contributed by atoms with Gasteiger partial charge in [-0.2, -0.15) is 11.3 Å². The molecule has 0 aliphatic heterocycles. The van der Waals surface area contributed by atoms with E-state index in [1.165, 1.54) is 11.3 Å². The Hall–Kier alpha value is -3.03. The highest BCUT2D eigenvalue weighted by Crippen LogP contribution is 2.27. The van der Waals surface area contributed by atoms with Crippen molar-refractivity contribution in [1.82, 2.24) is 0 Å². The normalized spacial score (nSPS) is 10.3. The van der Waals surface area contributed by atoms with E-state index < -0.39 is 0 Å². The van der Waals surface area contributed by atoms with Crippen LogP contribution in [0.2, 0.25) is 5.02 Å². The number of hydrogen-bond donors (Lipinski definition) is 2. The molecule has 8 heteroatoms. The number of anilines is 2. The molecule has 0 aliphatic carbocycles. The maximum Gasteiger partial charge on any atom is 0.312 e. The topological polar surface area (TPSA) is 76.7 Å². The molecule has 0 atom stereocenters. The maximum atomic E-state index is 12.1. The number of amides is 1. The number of rotatable bonds is 8. The minimum atomic E-state index is -0.381. The van der Waals surface area contributed by atoms with Crippen molar-refractivity contribution in [2.75, 3.05) is 24.3 Å². The second kappa shape index (κ2) is 9.95. The predicted octanol–water partition coefficient (Wildman–Crippen LogP) is 5.07. The van der Waals surface area contributed by atoms with Gasteiger partial charge in [0.25, 0.3) is 5.91 Å². The fourth-order valence-corrected chi connectivity index (χ4v) is 3.31. The van der Waals surface area contributed by atoms with Gasteiger partial charge in [0.05, 0.1) is 24.8 Å². The summed E-state index contributed by atoms with van der Waals surface area (Å²) in [6, 6.07) is 13.6. The zero-order valence-corrected chi connectivity index (χ0v) is 17.2. The molecule has 150 valence electrons. The van der Waals surface area contributed by atoms with Crippen molar-refractivity contribution in [3.05, 3.63) is 69.9 Å². The first kappa shape index (κ1) is 20.7. The van der Waals surface area contributed by atoms with Crippen LogP contribution in [0.3, 0.4) is 0 Å². The Kier molecular flexibility index (Phi) is 7.10. The third kappa shape index (κ3) is 5.97. The number of carbonyl (C=O) groups excluding carboxylic acids is 2. The molecule has 0 radical (unpaired) electrons. The summed E-state index contributed by atoms with van der Waals surface area (Å²) in [5.74, 6) is 0.485. The van der Waals surface area contributed by atoms with Crippen LogP contribution in [0.25, 0.3) is 0 Å². The lowest BCUT2D eigenvalue weighted by Crippen LogP contribution is -2.14. The first-order valence-corrected chi connectivity index (χ1v) is 10.1. The number of nitrogens with one attached hydrogen (secondary N) is 2. The van der Waals surface area contributed by atoms with E-state index in [0.717, 1.165) is 0 Å². The lowest BCUT2D eigenvalue weighted by Gasteiger charge is -2.11. The van der Waals surface area contributed by atoms with Crippen LogP contribution in [0.5, 0.6) is 11.5 Å². The quantitative estimate of drug-likeness (QED) is 0.385. The first-order chi connectivity index (χ1) is 14.0. The molecule has 0 unspecified atom stereocenters. The number of carbonyl (C=O) groups is 2. The fourth-order valence-electron chi connectivity index (χ4n) is 2.50. The van der Waals surface area contributed by atoms with Crippen LogP contribution in [0, 0.1) is 0 Å². The van der Waals surface area contributed by atoms with E-state index in [0.29, 0.717) is 40.0 Å². The molecule has 0 saturated heterocycles. The molecule has 1 aromatic heterocycles. The Morgan fingerprint density at radius 2 is 1.90 bits per heavy atom. The van der Waals surface area contributed by atoms with Crippen LogP contribution in [0.15, 0.2) is 59.3 Å². The summed E-state index contributed by atoms with van der Waals surface area (Å²) in [7, 11) is 1.56. The number of benzene rings is 2. The van der Waals surface area contributed by atoms with E-state index in [2.05, 4.69) is 10.6 Å². The van der Waals surface area contributed by atoms with Crippen molar-refractivity contribution in [1.29, 1.82) is 0 Å². The molecule has 6 nitrogen and oxygen atoms in total. The lowest BCUT2D eigenvalue weighted by molar-refractivity contribution is -0.134. The van der Waals surface area contributed by atoms with Gasteiger partial charge in [-0.25, -0.2) is 0 Å². The van der Waals surface area contributed by atoms with E-state index in [4.69, 9.17) is 21.1 Å². The first-order valence-electron chi connectivity index (χ1n) is 8.77. The minimum Gasteiger partial charge on any atom is -0.495 e. The van der Waals surface area contributed by atoms with Gasteiger partial charge in [-0.05, 0) is 53.9 Å². The van der Waals surface area contributed by atoms with E-state index in [-0.39, 0.29) is 18.3 Å². The van der Waals surface area contributed by atoms with Crippen molar-refractivity contribution in [3.8, 4) is 11.5 Å². The van der Waals surface area contributed by atoms with Crippen molar-refractivity contribution in [3.63, 3.8) is 0 Å². The fraction of sp³-hybridized carbons (Fsp3) is 0.143. The summed E-state index contributed by atoms with van der Waals surface area (Å²) in [5, 5.41) is 10.1. The molecule has 0 spiro atoms. The SMILES string of the molecule is COc1ccc(Cl)cc1NCCC(=O)Oc1ccc(NC(=O)c2ccsc2)cc1. The van der Waals surface area contributed by atoms with E-state index in [1.54, 1.807) is 61.0 Å². The Morgan fingerprint density at radius 3 is 2.59 bits per heavy atom. The van der Waals surface area contributed by atoms with Crippen LogP contribution >= 0.6 is 22.9 Å². The predicted molar refractivity (Wildman–Crippen MR) is 115 cm³/mol. The summed E-state index contributed by atoms with van der Waals surface area (Å²) in [5.41, 5.74) is 1.93. The molecule has 3 aromatic rings. The number of esters is 1. The summed E-state index contributed by atoms with van der Waals surface area (Å²) < 4.78 is 10.6. The molecule has 2 N–H and O–H groups in total. The number of halogens is 1. The van der Waals surface area contributed by atoms with Gasteiger partial charge in [0.15, 0.2) is 0 Å². The molecular formula is C21H19ClN2O4S. The highest BCUT2D eigenvalue weighted by Gasteiger charge is 2.09. The van der Waals surface area contributed by atoms with Crippen molar-refractivity contribution in [2.45, 2.75) is 6.42 Å². The van der Waals surface area contributed by atoms with Gasteiger partial charge in [-0.3, -0.25) is 9.59 Å². The van der Waals surface area contributed by atoms with E-state index in [9.17, 15) is 9.59 Å². The summed E-state index contributed by atoms with van der Waals surface area (Å²) in [4.78, 5) is 24.1. The summed E-state index contributed by atoms with van der Waals surface area (Å²) in [6.45, 7) is 0.365. The third-order valence-electron chi connectivity index (χ3n) is 3.93. The van der Waals surface area contributed by atoms with Gasteiger partial charge in [0, 0.05) is 22.6 Å².